The molecule has 0 aliphatic heterocycles. The molecular weight excluding hydrogens is 237 g/mol. The van der Waals surface area contributed by atoms with Gasteiger partial charge in [0.25, 0.3) is 0 Å². The zero-order valence-electron chi connectivity index (χ0n) is 8.52. The Morgan fingerprint density at radius 2 is 2.07 bits per heavy atom. The van der Waals surface area contributed by atoms with E-state index in [9.17, 15) is 0 Å². The van der Waals surface area contributed by atoms with E-state index in [4.69, 9.17) is 23.2 Å². The molecule has 1 aromatic rings. The van der Waals surface area contributed by atoms with E-state index in [1.165, 1.54) is 4.88 Å². The van der Waals surface area contributed by atoms with E-state index in [2.05, 4.69) is 11.9 Å². The van der Waals surface area contributed by atoms with Crippen molar-refractivity contribution in [2.45, 2.75) is 26.7 Å². The van der Waals surface area contributed by atoms with Crippen molar-refractivity contribution >= 4 is 34.5 Å². The van der Waals surface area contributed by atoms with Crippen molar-refractivity contribution in [2.24, 2.45) is 5.41 Å². The van der Waals surface area contributed by atoms with Gasteiger partial charge in [-0.2, -0.15) is 0 Å². The highest BCUT2D eigenvalue weighted by Gasteiger charge is 2.22. The van der Waals surface area contributed by atoms with Crippen LogP contribution in [0.25, 0.3) is 0 Å². The predicted octanol–water partition coefficient (Wildman–Crippen LogP) is 3.87. The van der Waals surface area contributed by atoms with E-state index in [1.807, 2.05) is 12.4 Å². The number of thiazole rings is 1. The summed E-state index contributed by atoms with van der Waals surface area (Å²) < 4.78 is 0. The van der Waals surface area contributed by atoms with E-state index < -0.39 is 0 Å². The first-order chi connectivity index (χ1) is 6.61. The quantitative estimate of drug-likeness (QED) is 0.725. The van der Waals surface area contributed by atoms with Crippen molar-refractivity contribution in [2.75, 3.05) is 11.8 Å². The largest absolute Gasteiger partial charge is 0.250 e. The monoisotopic (exact) mass is 251 g/mol. The number of hydrogen-bond acceptors (Lipinski definition) is 2. The minimum absolute atomic E-state index is 0.0551. The highest BCUT2D eigenvalue weighted by molar-refractivity contribution is 7.09. The van der Waals surface area contributed by atoms with Gasteiger partial charge in [0.1, 0.15) is 0 Å². The summed E-state index contributed by atoms with van der Waals surface area (Å²) in [7, 11) is 0. The van der Waals surface area contributed by atoms with E-state index >= 15 is 0 Å². The molecule has 0 N–H and O–H groups in total. The third-order valence-corrected chi connectivity index (χ3v) is 4.73. The van der Waals surface area contributed by atoms with Gasteiger partial charge in [0, 0.05) is 16.6 Å². The Morgan fingerprint density at radius 1 is 1.43 bits per heavy atom. The van der Waals surface area contributed by atoms with Crippen LogP contribution < -0.4 is 0 Å². The second kappa shape index (κ2) is 5.34. The molecule has 0 unspecified atom stereocenters. The van der Waals surface area contributed by atoms with Crippen LogP contribution in [0.4, 0.5) is 0 Å². The van der Waals surface area contributed by atoms with Crippen LogP contribution in [0.15, 0.2) is 5.51 Å². The fraction of sp³-hybridized carbons (Fsp3) is 0.700. The molecule has 0 aliphatic rings. The maximum absolute atomic E-state index is 5.89. The van der Waals surface area contributed by atoms with Gasteiger partial charge in [0.15, 0.2) is 0 Å². The number of alkyl halides is 2. The summed E-state index contributed by atoms with van der Waals surface area (Å²) in [5, 5.41) is 0. The Morgan fingerprint density at radius 3 is 2.50 bits per heavy atom. The smallest absolute Gasteiger partial charge is 0.0797 e. The van der Waals surface area contributed by atoms with Crippen LogP contribution in [0, 0.1) is 12.3 Å². The number of aryl methyl sites for hydroxylation is 2. The summed E-state index contributed by atoms with van der Waals surface area (Å²) in [5.41, 5.74) is 3.09. The second-order valence-electron chi connectivity index (χ2n) is 3.94. The predicted molar refractivity (Wildman–Crippen MR) is 64.7 cm³/mol. The molecule has 0 aromatic carbocycles. The summed E-state index contributed by atoms with van der Waals surface area (Å²) >= 11 is 13.5. The van der Waals surface area contributed by atoms with E-state index in [0.717, 1.165) is 18.5 Å². The van der Waals surface area contributed by atoms with E-state index in [-0.39, 0.29) is 5.41 Å². The Hall–Kier alpha value is 0.210. The van der Waals surface area contributed by atoms with Crippen LogP contribution in [-0.2, 0) is 6.42 Å². The summed E-state index contributed by atoms with van der Waals surface area (Å²) in [4.78, 5) is 5.57. The number of aromatic nitrogens is 1. The number of hydrogen-bond donors (Lipinski definition) is 0. The number of rotatable bonds is 5. The fourth-order valence-corrected chi connectivity index (χ4v) is 2.48. The SMILES string of the molecule is Cc1ncsc1CCC(C)(CCl)CCl. The molecule has 1 aromatic heterocycles. The lowest BCUT2D eigenvalue weighted by Gasteiger charge is -2.23. The molecule has 80 valence electrons. The van der Waals surface area contributed by atoms with Crippen molar-refractivity contribution in [3.63, 3.8) is 0 Å². The lowest BCUT2D eigenvalue weighted by Crippen LogP contribution is -2.21. The molecule has 0 radical (unpaired) electrons. The van der Waals surface area contributed by atoms with Crippen molar-refractivity contribution in [1.82, 2.24) is 4.98 Å². The summed E-state index contributed by atoms with van der Waals surface area (Å²) in [5.74, 6) is 1.24. The first kappa shape index (κ1) is 12.3. The Kier molecular flexibility index (Phi) is 4.68. The lowest BCUT2D eigenvalue weighted by molar-refractivity contribution is 0.392. The number of halogens is 2. The molecule has 0 atom stereocenters. The minimum Gasteiger partial charge on any atom is -0.250 e. The third-order valence-electron chi connectivity index (χ3n) is 2.45. The van der Waals surface area contributed by atoms with Gasteiger partial charge < -0.3 is 0 Å². The second-order valence-corrected chi connectivity index (χ2v) is 5.41. The lowest BCUT2D eigenvalue weighted by atomic mass is 9.89. The van der Waals surface area contributed by atoms with Crippen LogP contribution in [0.3, 0.4) is 0 Å². The maximum atomic E-state index is 5.89. The topological polar surface area (TPSA) is 12.9 Å². The highest BCUT2D eigenvalue weighted by Crippen LogP contribution is 2.28. The zero-order chi connectivity index (χ0) is 10.6. The van der Waals surface area contributed by atoms with Crippen LogP contribution >= 0.6 is 34.5 Å². The molecule has 0 saturated heterocycles. The van der Waals surface area contributed by atoms with Gasteiger partial charge >= 0.3 is 0 Å². The van der Waals surface area contributed by atoms with Crippen molar-refractivity contribution in [1.29, 1.82) is 0 Å². The summed E-state index contributed by atoms with van der Waals surface area (Å²) in [6.45, 7) is 4.17. The van der Waals surface area contributed by atoms with Crippen molar-refractivity contribution < 1.29 is 0 Å². The molecule has 14 heavy (non-hydrogen) atoms. The van der Waals surface area contributed by atoms with Crippen LogP contribution in [0.1, 0.15) is 23.9 Å². The van der Waals surface area contributed by atoms with Crippen LogP contribution in [0.5, 0.6) is 0 Å². The third kappa shape index (κ3) is 3.11. The Labute approximate surface area is 99.5 Å². The molecule has 0 spiro atoms. The van der Waals surface area contributed by atoms with Crippen molar-refractivity contribution in [3.05, 3.63) is 16.1 Å². The molecule has 0 fully saturated rings. The van der Waals surface area contributed by atoms with Gasteiger partial charge in [-0.25, -0.2) is 4.98 Å². The van der Waals surface area contributed by atoms with Gasteiger partial charge in [0.05, 0.1) is 11.2 Å². The first-order valence-corrected chi connectivity index (χ1v) is 6.57. The van der Waals surface area contributed by atoms with Gasteiger partial charge in [-0.05, 0) is 25.2 Å². The van der Waals surface area contributed by atoms with Gasteiger partial charge in [0.2, 0.25) is 0 Å². The highest BCUT2D eigenvalue weighted by atomic mass is 35.5. The minimum atomic E-state index is 0.0551. The van der Waals surface area contributed by atoms with E-state index in [1.54, 1.807) is 11.3 Å². The first-order valence-electron chi connectivity index (χ1n) is 4.62. The average molecular weight is 252 g/mol. The fourth-order valence-electron chi connectivity index (χ4n) is 1.15. The molecule has 1 nitrogen and oxygen atoms in total. The molecule has 0 amide bonds. The molecule has 1 heterocycles. The van der Waals surface area contributed by atoms with Crippen LogP contribution in [0.2, 0.25) is 0 Å². The molecule has 0 bridgehead atoms. The Balaban J connectivity index is 2.52. The summed E-state index contributed by atoms with van der Waals surface area (Å²) in [6, 6.07) is 0. The maximum Gasteiger partial charge on any atom is 0.0797 e. The normalized spacial score (nSPS) is 12.0. The molecule has 4 heteroatoms. The zero-order valence-corrected chi connectivity index (χ0v) is 10.8. The van der Waals surface area contributed by atoms with Crippen LogP contribution in [-0.4, -0.2) is 16.7 Å². The molecule has 1 rings (SSSR count). The van der Waals surface area contributed by atoms with Crippen molar-refractivity contribution in [3.8, 4) is 0 Å². The van der Waals surface area contributed by atoms with Gasteiger partial charge in [-0.1, -0.05) is 6.92 Å². The average Bonchev–Trinajstić information content (AvgIpc) is 2.61. The van der Waals surface area contributed by atoms with Gasteiger partial charge in [-0.3, -0.25) is 0 Å². The standard InChI is InChI=1S/C10H15Cl2NS/c1-8-9(14-7-13-8)3-4-10(2,5-11)6-12/h7H,3-6H2,1-2H3. The van der Waals surface area contributed by atoms with Gasteiger partial charge in [-0.15, -0.1) is 34.5 Å². The molecule has 0 saturated carbocycles. The molecular formula is C10H15Cl2NS. The summed E-state index contributed by atoms with van der Waals surface area (Å²) in [6.07, 6.45) is 2.06. The molecule has 0 aliphatic carbocycles. The number of nitrogens with zero attached hydrogens (tertiary/aromatic N) is 1. The van der Waals surface area contributed by atoms with E-state index in [0.29, 0.717) is 11.8 Å². The Bertz CT molecular complexity index is 281.